The Morgan fingerprint density at radius 3 is 1.38 bits per heavy atom. The van der Waals surface area contributed by atoms with E-state index in [9.17, 15) is 0 Å². The largest absolute Gasteiger partial charge is 0.0581 e. The van der Waals surface area contributed by atoms with Gasteiger partial charge in [-0.3, -0.25) is 0 Å². The predicted octanol–water partition coefficient (Wildman–Crippen LogP) is 4.11. The Morgan fingerprint density at radius 2 is 0.938 bits per heavy atom. The summed E-state index contributed by atoms with van der Waals surface area (Å²) in [5.74, 6) is 0. The van der Waals surface area contributed by atoms with Crippen molar-refractivity contribution >= 4 is 21.5 Å². The zero-order valence-electron chi connectivity index (χ0n) is 8.77. The minimum absolute atomic E-state index is 0.780. The van der Waals surface area contributed by atoms with E-state index in [0.717, 1.165) is 21.9 Å². The van der Waals surface area contributed by atoms with Gasteiger partial charge in [0.25, 0.3) is 0 Å². The van der Waals surface area contributed by atoms with Gasteiger partial charge in [-0.1, -0.05) is 48.5 Å². The molecule has 0 saturated heterocycles. The molecule has 16 heavy (non-hydrogen) atoms. The van der Waals surface area contributed by atoms with E-state index >= 15 is 0 Å². The highest BCUT2D eigenvalue weighted by atomic mass is 14.0. The lowest BCUT2D eigenvalue weighted by atomic mass is 9.99. The molecule has 0 N–H and O–H groups in total. The molecule has 3 aromatic rings. The third-order valence-corrected chi connectivity index (χ3v) is 2.89. The van der Waals surface area contributed by atoms with E-state index in [2.05, 4.69) is 12.1 Å². The van der Waals surface area contributed by atoms with Crippen LogP contribution in [0.25, 0.3) is 21.5 Å². The molecule has 74 valence electrons. The highest BCUT2D eigenvalue weighted by Crippen LogP contribution is 2.26. The molecule has 0 heterocycles. The van der Waals surface area contributed by atoms with Gasteiger partial charge in [0.1, 0.15) is 0 Å². The second-order valence-electron chi connectivity index (χ2n) is 4.03. The minimum Gasteiger partial charge on any atom is -0.0581 e. The normalized spacial score (nSPS) is 11.1. The van der Waals surface area contributed by atoms with Crippen molar-refractivity contribution < 1.29 is 0 Å². The number of fused-ring (bicyclic) bond motifs is 3. The summed E-state index contributed by atoms with van der Waals surface area (Å²) in [6, 6.07) is 16.1. The van der Waals surface area contributed by atoms with E-state index in [1.54, 1.807) is 0 Å². The summed E-state index contributed by atoms with van der Waals surface area (Å²) < 4.78 is 0. The van der Waals surface area contributed by atoms with E-state index in [4.69, 9.17) is 13.8 Å². The Balaban J connectivity index is 2.55. The summed E-state index contributed by atoms with van der Waals surface area (Å²) in [4.78, 5) is 0. The van der Waals surface area contributed by atoms with E-state index in [1.165, 1.54) is 10.8 Å². The lowest BCUT2D eigenvalue weighted by Gasteiger charge is -2.05. The van der Waals surface area contributed by atoms with Crippen LogP contribution in [0.5, 0.6) is 0 Å². The number of hydrogen-bond acceptors (Lipinski definition) is 0. The average Bonchev–Trinajstić information content (AvgIpc) is 2.29. The lowest BCUT2D eigenvalue weighted by Crippen LogP contribution is -1.80. The van der Waals surface area contributed by atoms with E-state index in [0.29, 0.717) is 0 Å². The molecule has 0 bridgehead atoms. The quantitative estimate of drug-likeness (QED) is 0.481. The zero-order valence-corrected chi connectivity index (χ0v) is 8.77. The monoisotopic (exact) mass is 202 g/mol. The molecule has 4 radical (unpaired) electrons. The SMILES string of the molecule is [CH]c1ccc2ccc3ccc([CH])cc3c2c1. The molecule has 0 aliphatic carbocycles. The van der Waals surface area contributed by atoms with Crippen molar-refractivity contribution in [2.45, 2.75) is 0 Å². The molecule has 0 spiro atoms. The van der Waals surface area contributed by atoms with Crippen LogP contribution in [0.3, 0.4) is 0 Å². The molecule has 0 aromatic heterocycles. The fourth-order valence-electron chi connectivity index (χ4n) is 2.08. The van der Waals surface area contributed by atoms with Crippen LogP contribution >= 0.6 is 0 Å². The van der Waals surface area contributed by atoms with E-state index in [-0.39, 0.29) is 0 Å². The highest BCUT2D eigenvalue weighted by Gasteiger charge is 2.00. The summed E-state index contributed by atoms with van der Waals surface area (Å²) in [7, 11) is 0. The van der Waals surface area contributed by atoms with Crippen molar-refractivity contribution in [3.05, 3.63) is 73.5 Å². The maximum absolute atomic E-state index is 5.82. The average molecular weight is 202 g/mol. The van der Waals surface area contributed by atoms with Crippen molar-refractivity contribution in [2.24, 2.45) is 0 Å². The molecule has 0 fully saturated rings. The summed E-state index contributed by atoms with van der Waals surface area (Å²) in [5.41, 5.74) is 1.56. The van der Waals surface area contributed by atoms with Crippen LogP contribution in [-0.4, -0.2) is 0 Å². The molecule has 0 aliphatic heterocycles. The molecule has 0 saturated carbocycles. The second-order valence-corrected chi connectivity index (χ2v) is 4.03. The summed E-state index contributed by atoms with van der Waals surface area (Å²) >= 11 is 0. The molecular weight excluding hydrogens is 192 g/mol. The third-order valence-electron chi connectivity index (χ3n) is 2.89. The van der Waals surface area contributed by atoms with Crippen LogP contribution < -0.4 is 0 Å². The molecule has 3 aromatic carbocycles. The molecule has 0 nitrogen and oxygen atoms in total. The van der Waals surface area contributed by atoms with Crippen LogP contribution in [-0.2, 0) is 0 Å². The van der Waals surface area contributed by atoms with Gasteiger partial charge in [0, 0.05) is 0 Å². The maximum Gasteiger partial charge on any atom is -0.00118 e. The number of rotatable bonds is 0. The first-order valence-corrected chi connectivity index (χ1v) is 5.21. The second kappa shape index (κ2) is 3.34. The number of benzene rings is 3. The Morgan fingerprint density at radius 1 is 0.562 bits per heavy atom. The standard InChI is InChI=1S/C16H10/c1-11-3-5-13-7-8-14-6-4-12(2)10-16(14)15(13)9-11/h1-10H. The summed E-state index contributed by atoms with van der Waals surface area (Å²) in [6.45, 7) is 11.6. The van der Waals surface area contributed by atoms with Gasteiger partial charge in [-0.15, -0.1) is 0 Å². The van der Waals surface area contributed by atoms with Crippen molar-refractivity contribution in [2.75, 3.05) is 0 Å². The first-order chi connectivity index (χ1) is 7.74. The van der Waals surface area contributed by atoms with Crippen LogP contribution in [0, 0.1) is 13.8 Å². The van der Waals surface area contributed by atoms with E-state index in [1.807, 2.05) is 36.4 Å². The van der Waals surface area contributed by atoms with Crippen LogP contribution in [0.2, 0.25) is 0 Å². The third kappa shape index (κ3) is 1.38. The van der Waals surface area contributed by atoms with Crippen LogP contribution in [0.4, 0.5) is 0 Å². The Labute approximate surface area is 95.5 Å². The molecule has 0 atom stereocenters. The maximum atomic E-state index is 5.82. The Bertz CT molecular complexity index is 617. The first-order valence-electron chi connectivity index (χ1n) is 5.21. The Kier molecular flexibility index (Phi) is 1.97. The van der Waals surface area contributed by atoms with Gasteiger partial charge in [-0.2, -0.15) is 0 Å². The van der Waals surface area contributed by atoms with Crippen molar-refractivity contribution in [1.29, 1.82) is 0 Å². The molecule has 0 amide bonds. The zero-order chi connectivity index (χ0) is 11.1. The predicted molar refractivity (Wildman–Crippen MR) is 68.3 cm³/mol. The van der Waals surface area contributed by atoms with Crippen molar-refractivity contribution in [3.8, 4) is 0 Å². The fourth-order valence-corrected chi connectivity index (χ4v) is 2.08. The van der Waals surface area contributed by atoms with Gasteiger partial charge in [-0.25, -0.2) is 0 Å². The van der Waals surface area contributed by atoms with Gasteiger partial charge in [0.05, 0.1) is 0 Å². The fraction of sp³-hybridized carbons (Fsp3) is 0. The lowest BCUT2D eigenvalue weighted by molar-refractivity contribution is 1.65. The van der Waals surface area contributed by atoms with Gasteiger partial charge in [-0.05, 0) is 46.5 Å². The van der Waals surface area contributed by atoms with Gasteiger partial charge >= 0.3 is 0 Å². The van der Waals surface area contributed by atoms with Crippen LogP contribution in [0.1, 0.15) is 11.1 Å². The van der Waals surface area contributed by atoms with Crippen molar-refractivity contribution in [1.82, 2.24) is 0 Å². The molecule has 3 rings (SSSR count). The topological polar surface area (TPSA) is 0 Å². The minimum atomic E-state index is 0.780. The summed E-state index contributed by atoms with van der Waals surface area (Å²) in [6.07, 6.45) is 0. The molecule has 0 unspecified atom stereocenters. The Hall–Kier alpha value is -1.82. The molecule has 0 heteroatoms. The smallest absolute Gasteiger partial charge is 0.00118 e. The van der Waals surface area contributed by atoms with Gasteiger partial charge < -0.3 is 0 Å². The molecular formula is C16H10. The van der Waals surface area contributed by atoms with Crippen LogP contribution in [0.15, 0.2) is 48.5 Å². The van der Waals surface area contributed by atoms with Gasteiger partial charge in [0.15, 0.2) is 0 Å². The van der Waals surface area contributed by atoms with E-state index < -0.39 is 0 Å². The molecule has 0 aliphatic rings. The van der Waals surface area contributed by atoms with Gasteiger partial charge in [0.2, 0.25) is 0 Å². The summed E-state index contributed by atoms with van der Waals surface area (Å²) in [5, 5.41) is 4.69. The first kappa shape index (κ1) is 9.41. The highest BCUT2D eigenvalue weighted by molar-refractivity contribution is 6.07. The van der Waals surface area contributed by atoms with Crippen molar-refractivity contribution in [3.63, 3.8) is 0 Å². The number of hydrogen-bond donors (Lipinski definition) is 0.